The molecule has 2 nitrogen and oxygen atoms in total. The number of hydrogen-bond donors (Lipinski definition) is 1. The van der Waals surface area contributed by atoms with E-state index in [4.69, 9.17) is 0 Å². The van der Waals surface area contributed by atoms with E-state index in [1.807, 2.05) is 0 Å². The Morgan fingerprint density at radius 1 is 1.15 bits per heavy atom. The molecule has 1 aromatic heterocycles. The highest BCUT2D eigenvalue weighted by molar-refractivity contribution is 5.83. The Hall–Kier alpha value is -1.28. The molecule has 0 unspecified atom stereocenters. The van der Waals surface area contributed by atoms with Gasteiger partial charge in [-0.1, -0.05) is 44.4 Å². The van der Waals surface area contributed by atoms with Gasteiger partial charge in [0.25, 0.3) is 0 Å². The summed E-state index contributed by atoms with van der Waals surface area (Å²) in [7, 11) is 0. The van der Waals surface area contributed by atoms with E-state index in [0.29, 0.717) is 0 Å². The van der Waals surface area contributed by atoms with Crippen molar-refractivity contribution in [1.82, 2.24) is 9.88 Å². The lowest BCUT2D eigenvalue weighted by Crippen LogP contribution is -2.33. The molecule has 1 heterocycles. The van der Waals surface area contributed by atoms with Gasteiger partial charge in [0.1, 0.15) is 0 Å². The SMILES string of the molecule is CCc1cccc2ccn(CCNC3CCCCC3)c12. The zero-order valence-electron chi connectivity index (χ0n) is 12.6. The van der Waals surface area contributed by atoms with Gasteiger partial charge in [-0.25, -0.2) is 0 Å². The second-order valence-corrected chi connectivity index (χ2v) is 6.01. The van der Waals surface area contributed by atoms with E-state index in [1.54, 1.807) is 0 Å². The molecule has 3 rings (SSSR count). The van der Waals surface area contributed by atoms with E-state index in [2.05, 4.69) is 47.3 Å². The van der Waals surface area contributed by atoms with Crippen LogP contribution in [0.25, 0.3) is 10.9 Å². The molecule has 1 fully saturated rings. The minimum Gasteiger partial charge on any atom is -0.346 e. The van der Waals surface area contributed by atoms with Crippen molar-refractivity contribution in [3.63, 3.8) is 0 Å². The third-order valence-corrected chi connectivity index (χ3v) is 4.64. The molecular weight excluding hydrogens is 244 g/mol. The fraction of sp³-hybridized carbons (Fsp3) is 0.556. The van der Waals surface area contributed by atoms with Crippen molar-refractivity contribution >= 4 is 10.9 Å². The van der Waals surface area contributed by atoms with E-state index >= 15 is 0 Å². The smallest absolute Gasteiger partial charge is 0.0513 e. The van der Waals surface area contributed by atoms with Gasteiger partial charge in [-0.05, 0) is 36.3 Å². The summed E-state index contributed by atoms with van der Waals surface area (Å²) < 4.78 is 2.42. The number of aromatic nitrogens is 1. The molecule has 0 saturated heterocycles. The van der Waals surface area contributed by atoms with Crippen LogP contribution in [0.1, 0.15) is 44.6 Å². The van der Waals surface area contributed by atoms with Crippen molar-refractivity contribution < 1.29 is 0 Å². The molecule has 1 aromatic carbocycles. The quantitative estimate of drug-likeness (QED) is 0.864. The van der Waals surface area contributed by atoms with Crippen LogP contribution in [0.3, 0.4) is 0 Å². The predicted octanol–water partition coefficient (Wildman–Crippen LogP) is 4.13. The Bertz CT molecular complexity index is 550. The second kappa shape index (κ2) is 6.45. The minimum atomic E-state index is 0.760. The Labute approximate surface area is 122 Å². The standard InChI is InChI=1S/C18H26N2/c1-2-15-7-6-8-16-11-13-20(18(15)16)14-12-19-17-9-4-3-5-10-17/h6-8,11,13,17,19H,2-5,9-10,12,14H2,1H3. The molecule has 0 atom stereocenters. The average Bonchev–Trinajstić information content (AvgIpc) is 2.92. The van der Waals surface area contributed by atoms with Gasteiger partial charge in [-0.3, -0.25) is 0 Å². The summed E-state index contributed by atoms with van der Waals surface area (Å²) in [4.78, 5) is 0. The van der Waals surface area contributed by atoms with Crippen molar-refractivity contribution in [3.05, 3.63) is 36.0 Å². The van der Waals surface area contributed by atoms with E-state index in [9.17, 15) is 0 Å². The summed E-state index contributed by atoms with van der Waals surface area (Å²) in [5.41, 5.74) is 2.89. The number of hydrogen-bond acceptors (Lipinski definition) is 1. The molecule has 1 aliphatic rings. The first kappa shape index (κ1) is 13.7. The summed E-state index contributed by atoms with van der Waals surface area (Å²) >= 11 is 0. The van der Waals surface area contributed by atoms with Gasteiger partial charge in [-0.2, -0.15) is 0 Å². The number of aryl methyl sites for hydroxylation is 1. The van der Waals surface area contributed by atoms with Crippen molar-refractivity contribution in [2.24, 2.45) is 0 Å². The van der Waals surface area contributed by atoms with E-state index in [0.717, 1.165) is 25.6 Å². The molecular formula is C18H26N2. The average molecular weight is 270 g/mol. The van der Waals surface area contributed by atoms with Gasteiger partial charge < -0.3 is 9.88 Å². The zero-order valence-corrected chi connectivity index (χ0v) is 12.6. The molecule has 0 amide bonds. The van der Waals surface area contributed by atoms with Crippen LogP contribution in [0.4, 0.5) is 0 Å². The van der Waals surface area contributed by atoms with Crippen LogP contribution in [0.5, 0.6) is 0 Å². The lowest BCUT2D eigenvalue weighted by Gasteiger charge is -2.23. The number of para-hydroxylation sites is 1. The number of nitrogens with one attached hydrogen (secondary N) is 1. The lowest BCUT2D eigenvalue weighted by atomic mass is 9.95. The Morgan fingerprint density at radius 3 is 2.80 bits per heavy atom. The maximum atomic E-state index is 3.74. The summed E-state index contributed by atoms with van der Waals surface area (Å²) in [6.45, 7) is 4.41. The normalized spacial score (nSPS) is 16.9. The van der Waals surface area contributed by atoms with Crippen LogP contribution in [0.15, 0.2) is 30.5 Å². The van der Waals surface area contributed by atoms with E-state index in [1.165, 1.54) is 48.6 Å². The molecule has 0 radical (unpaired) electrons. The van der Waals surface area contributed by atoms with Crippen LogP contribution in [-0.2, 0) is 13.0 Å². The van der Waals surface area contributed by atoms with Gasteiger partial charge in [-0.15, -0.1) is 0 Å². The molecule has 2 aromatic rings. The van der Waals surface area contributed by atoms with Gasteiger partial charge in [0.15, 0.2) is 0 Å². The van der Waals surface area contributed by atoms with Crippen LogP contribution in [-0.4, -0.2) is 17.2 Å². The van der Waals surface area contributed by atoms with Gasteiger partial charge in [0.05, 0.1) is 5.52 Å². The van der Waals surface area contributed by atoms with Crippen molar-refractivity contribution in [1.29, 1.82) is 0 Å². The molecule has 0 bridgehead atoms. The van der Waals surface area contributed by atoms with Crippen molar-refractivity contribution in [2.45, 2.75) is 58.0 Å². The second-order valence-electron chi connectivity index (χ2n) is 6.01. The van der Waals surface area contributed by atoms with Crippen LogP contribution in [0.2, 0.25) is 0 Å². The first-order valence-corrected chi connectivity index (χ1v) is 8.18. The third kappa shape index (κ3) is 2.90. The largest absolute Gasteiger partial charge is 0.346 e. The molecule has 1 N–H and O–H groups in total. The molecule has 1 saturated carbocycles. The Morgan fingerprint density at radius 2 is 2.00 bits per heavy atom. The lowest BCUT2D eigenvalue weighted by molar-refractivity contribution is 0.369. The highest BCUT2D eigenvalue weighted by Crippen LogP contribution is 2.21. The van der Waals surface area contributed by atoms with Crippen molar-refractivity contribution in [3.8, 4) is 0 Å². The zero-order chi connectivity index (χ0) is 13.8. The summed E-state index contributed by atoms with van der Waals surface area (Å²) in [6.07, 6.45) is 10.3. The van der Waals surface area contributed by atoms with Gasteiger partial charge in [0, 0.05) is 25.3 Å². The predicted molar refractivity (Wildman–Crippen MR) is 86.2 cm³/mol. The highest BCUT2D eigenvalue weighted by atomic mass is 15.0. The molecule has 0 aliphatic heterocycles. The molecule has 2 heteroatoms. The fourth-order valence-electron chi connectivity index (χ4n) is 3.51. The van der Waals surface area contributed by atoms with Crippen LogP contribution in [0, 0.1) is 0 Å². The molecule has 0 spiro atoms. The topological polar surface area (TPSA) is 17.0 Å². The first-order valence-electron chi connectivity index (χ1n) is 8.18. The highest BCUT2D eigenvalue weighted by Gasteiger charge is 2.12. The maximum absolute atomic E-state index is 3.74. The molecule has 108 valence electrons. The molecule has 20 heavy (non-hydrogen) atoms. The van der Waals surface area contributed by atoms with Gasteiger partial charge in [0.2, 0.25) is 0 Å². The third-order valence-electron chi connectivity index (χ3n) is 4.64. The first-order chi connectivity index (χ1) is 9.88. The van der Waals surface area contributed by atoms with Crippen LogP contribution >= 0.6 is 0 Å². The monoisotopic (exact) mass is 270 g/mol. The summed E-state index contributed by atoms with van der Waals surface area (Å²) in [5, 5.41) is 5.12. The maximum Gasteiger partial charge on any atom is 0.0513 e. The Kier molecular flexibility index (Phi) is 4.41. The number of benzene rings is 1. The molecule has 1 aliphatic carbocycles. The minimum absolute atomic E-state index is 0.760. The Balaban J connectivity index is 1.65. The summed E-state index contributed by atoms with van der Waals surface area (Å²) in [6, 6.07) is 9.66. The van der Waals surface area contributed by atoms with E-state index < -0.39 is 0 Å². The summed E-state index contributed by atoms with van der Waals surface area (Å²) in [5.74, 6) is 0. The number of rotatable bonds is 5. The number of fused-ring (bicyclic) bond motifs is 1. The van der Waals surface area contributed by atoms with Crippen LogP contribution < -0.4 is 5.32 Å². The number of nitrogens with zero attached hydrogens (tertiary/aromatic N) is 1. The van der Waals surface area contributed by atoms with Gasteiger partial charge >= 0.3 is 0 Å². The van der Waals surface area contributed by atoms with Crippen molar-refractivity contribution in [2.75, 3.05) is 6.54 Å². The van der Waals surface area contributed by atoms with E-state index in [-0.39, 0.29) is 0 Å². The fourth-order valence-corrected chi connectivity index (χ4v) is 3.51.